The van der Waals surface area contributed by atoms with Crippen LogP contribution in [-0.4, -0.2) is 12.6 Å². The first-order chi connectivity index (χ1) is 8.33. The van der Waals surface area contributed by atoms with Crippen molar-refractivity contribution in [2.24, 2.45) is 5.92 Å². The first-order valence-corrected chi connectivity index (χ1v) is 6.90. The van der Waals surface area contributed by atoms with Crippen LogP contribution in [-0.2, 0) is 0 Å². The molecule has 1 saturated carbocycles. The predicted octanol–water partition coefficient (Wildman–Crippen LogP) is 4.09. The largest absolute Gasteiger partial charge is 0.485 e. The second kappa shape index (κ2) is 4.77. The highest BCUT2D eigenvalue weighted by atomic mass is 35.5. The minimum Gasteiger partial charge on any atom is -0.485 e. The number of rotatable bonds is 2. The molecule has 0 saturated heterocycles. The van der Waals surface area contributed by atoms with Crippen molar-refractivity contribution in [3.8, 4) is 5.75 Å². The summed E-state index contributed by atoms with van der Waals surface area (Å²) < 4.78 is 6.03. The standard InChI is InChI=1S/C14H18ClNO/c15-12-6-3-7-13-14(12)17-11(9-16-13)8-10-4-1-2-5-10/h3,6-7,10-11,16H,1-2,4-5,8-9H2. The predicted molar refractivity (Wildman–Crippen MR) is 70.9 cm³/mol. The molecular weight excluding hydrogens is 234 g/mol. The second-order valence-corrected chi connectivity index (χ2v) is 5.53. The van der Waals surface area contributed by atoms with Crippen LogP contribution in [0.3, 0.4) is 0 Å². The Morgan fingerprint density at radius 1 is 1.29 bits per heavy atom. The Bertz CT molecular complexity index is 401. The molecule has 0 spiro atoms. The van der Waals surface area contributed by atoms with Gasteiger partial charge in [-0.25, -0.2) is 0 Å². The Morgan fingerprint density at radius 2 is 2.12 bits per heavy atom. The smallest absolute Gasteiger partial charge is 0.161 e. The summed E-state index contributed by atoms with van der Waals surface area (Å²) in [7, 11) is 0. The summed E-state index contributed by atoms with van der Waals surface area (Å²) >= 11 is 6.16. The van der Waals surface area contributed by atoms with Gasteiger partial charge in [-0.3, -0.25) is 0 Å². The Hall–Kier alpha value is -0.890. The van der Waals surface area contributed by atoms with Crippen molar-refractivity contribution in [2.75, 3.05) is 11.9 Å². The molecule has 1 heterocycles. The van der Waals surface area contributed by atoms with Crippen LogP contribution >= 0.6 is 11.6 Å². The van der Waals surface area contributed by atoms with Crippen LogP contribution in [0.25, 0.3) is 0 Å². The molecule has 2 aliphatic rings. The van der Waals surface area contributed by atoms with Crippen molar-refractivity contribution >= 4 is 17.3 Å². The maximum atomic E-state index is 6.16. The molecule has 0 bridgehead atoms. The van der Waals surface area contributed by atoms with Gasteiger partial charge in [0.1, 0.15) is 6.10 Å². The van der Waals surface area contributed by atoms with Crippen molar-refractivity contribution in [3.05, 3.63) is 23.2 Å². The first-order valence-electron chi connectivity index (χ1n) is 6.52. The molecular formula is C14H18ClNO. The van der Waals surface area contributed by atoms with Gasteiger partial charge in [-0.1, -0.05) is 43.4 Å². The third-order valence-electron chi connectivity index (χ3n) is 3.84. The maximum Gasteiger partial charge on any atom is 0.161 e. The fraction of sp³-hybridized carbons (Fsp3) is 0.571. The summed E-state index contributed by atoms with van der Waals surface area (Å²) in [5, 5.41) is 4.13. The summed E-state index contributed by atoms with van der Waals surface area (Å²) in [6.45, 7) is 0.907. The highest BCUT2D eigenvalue weighted by Gasteiger charge is 2.25. The number of halogens is 1. The number of anilines is 1. The molecule has 0 aromatic heterocycles. The average Bonchev–Trinajstić information content (AvgIpc) is 2.83. The highest BCUT2D eigenvalue weighted by Crippen LogP contribution is 2.38. The van der Waals surface area contributed by atoms with Crippen LogP contribution in [0.2, 0.25) is 5.02 Å². The zero-order valence-corrected chi connectivity index (χ0v) is 10.7. The van der Waals surface area contributed by atoms with E-state index >= 15 is 0 Å². The molecule has 17 heavy (non-hydrogen) atoms. The van der Waals surface area contributed by atoms with E-state index in [4.69, 9.17) is 16.3 Å². The monoisotopic (exact) mass is 251 g/mol. The summed E-state index contributed by atoms with van der Waals surface area (Å²) in [6, 6.07) is 5.86. The number of para-hydroxylation sites is 1. The number of hydrogen-bond acceptors (Lipinski definition) is 2. The van der Waals surface area contributed by atoms with Gasteiger partial charge in [-0.05, 0) is 24.5 Å². The van der Waals surface area contributed by atoms with Crippen LogP contribution in [0.15, 0.2) is 18.2 Å². The highest BCUT2D eigenvalue weighted by molar-refractivity contribution is 6.32. The normalized spacial score (nSPS) is 23.9. The summed E-state index contributed by atoms with van der Waals surface area (Å²) in [5.41, 5.74) is 1.03. The summed E-state index contributed by atoms with van der Waals surface area (Å²) in [5.74, 6) is 1.69. The molecule has 1 aliphatic heterocycles. The fourth-order valence-corrected chi connectivity index (χ4v) is 3.17. The van der Waals surface area contributed by atoms with Gasteiger partial charge in [-0.15, -0.1) is 0 Å². The number of nitrogens with one attached hydrogen (secondary N) is 1. The van der Waals surface area contributed by atoms with Crippen molar-refractivity contribution in [1.82, 2.24) is 0 Å². The number of ether oxygens (including phenoxy) is 1. The SMILES string of the molecule is Clc1cccc2c1OC(CC1CCCC1)CN2. The van der Waals surface area contributed by atoms with E-state index in [1.54, 1.807) is 0 Å². The van der Waals surface area contributed by atoms with Gasteiger partial charge in [0.15, 0.2) is 5.75 Å². The lowest BCUT2D eigenvalue weighted by atomic mass is 9.99. The molecule has 1 unspecified atom stereocenters. The third kappa shape index (κ3) is 2.37. The molecule has 1 aliphatic carbocycles. The van der Waals surface area contributed by atoms with Crippen molar-refractivity contribution in [2.45, 2.75) is 38.2 Å². The van der Waals surface area contributed by atoms with E-state index in [1.165, 1.54) is 25.7 Å². The zero-order valence-electron chi connectivity index (χ0n) is 9.92. The number of fused-ring (bicyclic) bond motifs is 1. The van der Waals surface area contributed by atoms with Gasteiger partial charge < -0.3 is 10.1 Å². The molecule has 1 atom stereocenters. The van der Waals surface area contributed by atoms with Crippen molar-refractivity contribution < 1.29 is 4.74 Å². The molecule has 1 N–H and O–H groups in total. The first kappa shape index (κ1) is 11.2. The molecule has 3 rings (SSSR count). The van der Waals surface area contributed by atoms with Gasteiger partial charge in [-0.2, -0.15) is 0 Å². The molecule has 1 fully saturated rings. The van der Waals surface area contributed by atoms with Gasteiger partial charge >= 0.3 is 0 Å². The molecule has 92 valence electrons. The van der Waals surface area contributed by atoms with E-state index in [9.17, 15) is 0 Å². The van der Waals surface area contributed by atoms with Gasteiger partial charge in [0.25, 0.3) is 0 Å². The average molecular weight is 252 g/mol. The molecule has 1 aromatic carbocycles. The van der Waals surface area contributed by atoms with Crippen LogP contribution < -0.4 is 10.1 Å². The Morgan fingerprint density at radius 3 is 2.94 bits per heavy atom. The maximum absolute atomic E-state index is 6.16. The number of benzene rings is 1. The van der Waals surface area contributed by atoms with E-state index in [2.05, 4.69) is 5.32 Å². The Kier molecular flexibility index (Phi) is 3.15. The topological polar surface area (TPSA) is 21.3 Å². The fourth-order valence-electron chi connectivity index (χ4n) is 2.95. The van der Waals surface area contributed by atoms with E-state index < -0.39 is 0 Å². The van der Waals surface area contributed by atoms with E-state index in [1.807, 2.05) is 18.2 Å². The lowest BCUT2D eigenvalue weighted by Gasteiger charge is -2.29. The molecule has 2 nitrogen and oxygen atoms in total. The van der Waals surface area contributed by atoms with Crippen molar-refractivity contribution in [1.29, 1.82) is 0 Å². The van der Waals surface area contributed by atoms with Crippen molar-refractivity contribution in [3.63, 3.8) is 0 Å². The minimum absolute atomic E-state index is 0.283. The Balaban J connectivity index is 1.69. The van der Waals surface area contributed by atoms with Gasteiger partial charge in [0.05, 0.1) is 17.3 Å². The number of hydrogen-bond donors (Lipinski definition) is 1. The lowest BCUT2D eigenvalue weighted by Crippen LogP contribution is -2.32. The third-order valence-corrected chi connectivity index (χ3v) is 4.14. The van der Waals surface area contributed by atoms with Crippen LogP contribution in [0.5, 0.6) is 5.75 Å². The van der Waals surface area contributed by atoms with Gasteiger partial charge in [0, 0.05) is 0 Å². The molecule has 0 amide bonds. The quantitative estimate of drug-likeness (QED) is 0.855. The lowest BCUT2D eigenvalue weighted by molar-refractivity contribution is 0.172. The molecule has 0 radical (unpaired) electrons. The van der Waals surface area contributed by atoms with Gasteiger partial charge in [0.2, 0.25) is 0 Å². The molecule has 3 heteroatoms. The van der Waals surface area contributed by atoms with E-state index in [0.717, 1.165) is 30.3 Å². The van der Waals surface area contributed by atoms with E-state index in [0.29, 0.717) is 5.02 Å². The summed E-state index contributed by atoms with van der Waals surface area (Å²) in [6.07, 6.45) is 6.97. The van der Waals surface area contributed by atoms with Crippen LogP contribution in [0, 0.1) is 5.92 Å². The summed E-state index contributed by atoms with van der Waals surface area (Å²) in [4.78, 5) is 0. The van der Waals surface area contributed by atoms with E-state index in [-0.39, 0.29) is 6.10 Å². The van der Waals surface area contributed by atoms with Crippen LogP contribution in [0.1, 0.15) is 32.1 Å². The Labute approximate surface area is 107 Å². The molecule has 1 aromatic rings. The zero-order chi connectivity index (χ0) is 11.7. The minimum atomic E-state index is 0.283. The second-order valence-electron chi connectivity index (χ2n) is 5.12. The van der Waals surface area contributed by atoms with Crippen LogP contribution in [0.4, 0.5) is 5.69 Å².